The Bertz CT molecular complexity index is 702. The molecule has 10 heteroatoms. The number of amides is 3. The van der Waals surface area contributed by atoms with E-state index in [1.54, 1.807) is 0 Å². The average molecular weight is 548 g/mol. The van der Waals surface area contributed by atoms with E-state index in [-0.39, 0.29) is 36.0 Å². The molecule has 1 rings (SSSR count). The lowest BCUT2D eigenvalue weighted by molar-refractivity contribution is 0.0529. The minimum absolute atomic E-state index is 0. The molecule has 0 radical (unpaired) electrons. The predicted octanol–water partition coefficient (Wildman–Crippen LogP) is 3.41. The molecule has 5 N–H and O–H groups in total. The summed E-state index contributed by atoms with van der Waals surface area (Å²) in [7, 11) is 0. The SMILES string of the molecule is CCNC(=NCc1ccc(NC(=O)NC(C)C)cc1)NCCNC(=O)OC(C)(C)C.I. The first-order valence-electron chi connectivity index (χ1n) is 10.2. The second kappa shape index (κ2) is 14.7. The standard InChI is InChI=1S/C21H36N6O3.HI/c1-7-22-18(23-12-13-24-20(29)30-21(4,5)6)25-14-16-8-10-17(11-9-16)27-19(28)26-15(2)3;/h8-11,15H,7,12-14H2,1-6H3,(H,24,29)(H2,22,23,25)(H2,26,27,28);1H. The van der Waals surface area contributed by atoms with Crippen molar-refractivity contribution < 1.29 is 14.3 Å². The number of aliphatic imine (C=N–C) groups is 1. The van der Waals surface area contributed by atoms with Gasteiger partial charge in [-0.15, -0.1) is 24.0 Å². The number of ether oxygens (including phenoxy) is 1. The van der Waals surface area contributed by atoms with Crippen molar-refractivity contribution >= 4 is 47.7 Å². The lowest BCUT2D eigenvalue weighted by atomic mass is 10.2. The van der Waals surface area contributed by atoms with E-state index in [9.17, 15) is 9.59 Å². The average Bonchev–Trinajstić information content (AvgIpc) is 2.62. The molecule has 0 bridgehead atoms. The molecule has 1 aromatic carbocycles. The molecule has 1 aromatic rings. The van der Waals surface area contributed by atoms with E-state index in [4.69, 9.17) is 4.74 Å². The Kier molecular flexibility index (Phi) is 13.6. The maximum atomic E-state index is 11.7. The van der Waals surface area contributed by atoms with Gasteiger partial charge < -0.3 is 31.3 Å². The van der Waals surface area contributed by atoms with Crippen LogP contribution in [0.1, 0.15) is 47.1 Å². The van der Waals surface area contributed by atoms with Crippen LogP contribution in [0.2, 0.25) is 0 Å². The molecule has 0 fully saturated rings. The Hall–Kier alpha value is -2.24. The minimum atomic E-state index is -0.517. The van der Waals surface area contributed by atoms with Crippen LogP contribution in [-0.4, -0.2) is 49.4 Å². The van der Waals surface area contributed by atoms with Gasteiger partial charge in [0.2, 0.25) is 0 Å². The Labute approximate surface area is 202 Å². The first kappa shape index (κ1) is 28.8. The van der Waals surface area contributed by atoms with E-state index < -0.39 is 11.7 Å². The fourth-order valence-electron chi connectivity index (χ4n) is 2.29. The number of carbonyl (C=O) groups is 2. The molecule has 0 heterocycles. The van der Waals surface area contributed by atoms with E-state index >= 15 is 0 Å². The van der Waals surface area contributed by atoms with E-state index in [0.717, 1.165) is 17.8 Å². The number of anilines is 1. The fraction of sp³-hybridized carbons (Fsp3) is 0.571. The third kappa shape index (κ3) is 14.4. The van der Waals surface area contributed by atoms with Crippen molar-refractivity contribution in [2.24, 2.45) is 4.99 Å². The summed E-state index contributed by atoms with van der Waals surface area (Å²) in [5.41, 5.74) is 1.21. The highest BCUT2D eigenvalue weighted by atomic mass is 127. The molecule has 3 amide bonds. The van der Waals surface area contributed by atoms with Gasteiger partial charge in [0.15, 0.2) is 5.96 Å². The van der Waals surface area contributed by atoms with Crippen molar-refractivity contribution in [3.63, 3.8) is 0 Å². The number of carbonyl (C=O) groups excluding carboxylic acids is 2. The van der Waals surface area contributed by atoms with Crippen LogP contribution in [0.15, 0.2) is 29.3 Å². The third-order valence-corrected chi connectivity index (χ3v) is 3.48. The summed E-state index contributed by atoms with van der Waals surface area (Å²) in [6, 6.07) is 7.37. The number of halogens is 1. The lowest BCUT2D eigenvalue weighted by Gasteiger charge is -2.19. The van der Waals surface area contributed by atoms with Gasteiger partial charge in [-0.1, -0.05) is 12.1 Å². The van der Waals surface area contributed by atoms with Gasteiger partial charge in [-0.05, 0) is 59.2 Å². The maximum Gasteiger partial charge on any atom is 0.407 e. The lowest BCUT2D eigenvalue weighted by Crippen LogP contribution is -2.42. The van der Waals surface area contributed by atoms with Crippen LogP contribution in [0, 0.1) is 0 Å². The highest BCUT2D eigenvalue weighted by Crippen LogP contribution is 2.10. The maximum absolute atomic E-state index is 11.7. The van der Waals surface area contributed by atoms with Crippen molar-refractivity contribution in [1.82, 2.24) is 21.3 Å². The smallest absolute Gasteiger partial charge is 0.407 e. The number of guanidine groups is 1. The number of urea groups is 1. The van der Waals surface area contributed by atoms with Gasteiger partial charge in [-0.3, -0.25) is 0 Å². The minimum Gasteiger partial charge on any atom is -0.444 e. The van der Waals surface area contributed by atoms with Gasteiger partial charge in [0.1, 0.15) is 5.60 Å². The van der Waals surface area contributed by atoms with Crippen LogP contribution < -0.4 is 26.6 Å². The molecule has 0 spiro atoms. The van der Waals surface area contributed by atoms with Crippen LogP contribution in [-0.2, 0) is 11.3 Å². The zero-order valence-electron chi connectivity index (χ0n) is 19.3. The second-order valence-corrected chi connectivity index (χ2v) is 8.00. The molecule has 176 valence electrons. The summed E-state index contributed by atoms with van der Waals surface area (Å²) in [4.78, 5) is 27.9. The molecule has 31 heavy (non-hydrogen) atoms. The molecule has 0 aliphatic carbocycles. The van der Waals surface area contributed by atoms with E-state index in [1.807, 2.05) is 65.8 Å². The highest BCUT2D eigenvalue weighted by molar-refractivity contribution is 14.0. The number of alkyl carbamates (subject to hydrolysis) is 1. The van der Waals surface area contributed by atoms with Crippen molar-refractivity contribution in [3.05, 3.63) is 29.8 Å². The molecular weight excluding hydrogens is 511 g/mol. The van der Waals surface area contributed by atoms with Gasteiger partial charge in [0.25, 0.3) is 0 Å². The topological polar surface area (TPSA) is 116 Å². The van der Waals surface area contributed by atoms with E-state index in [1.165, 1.54) is 0 Å². The molecule has 0 aromatic heterocycles. The van der Waals surface area contributed by atoms with Crippen LogP contribution in [0.25, 0.3) is 0 Å². The fourth-order valence-corrected chi connectivity index (χ4v) is 2.29. The molecule has 0 atom stereocenters. The Balaban J connectivity index is 0.00000900. The van der Waals surface area contributed by atoms with Gasteiger partial charge in [0, 0.05) is 31.4 Å². The van der Waals surface area contributed by atoms with E-state index in [2.05, 4.69) is 31.6 Å². The molecule has 0 saturated carbocycles. The number of benzene rings is 1. The number of nitrogens with zero attached hydrogens (tertiary/aromatic N) is 1. The second-order valence-electron chi connectivity index (χ2n) is 8.00. The normalized spacial score (nSPS) is 11.3. The first-order chi connectivity index (χ1) is 14.1. The summed E-state index contributed by atoms with van der Waals surface area (Å²) in [5, 5.41) is 14.6. The third-order valence-electron chi connectivity index (χ3n) is 3.48. The monoisotopic (exact) mass is 548 g/mol. The molecule has 0 aliphatic heterocycles. The van der Waals surface area contributed by atoms with Crippen molar-refractivity contribution in [2.45, 2.75) is 59.7 Å². The summed E-state index contributed by atoms with van der Waals surface area (Å²) in [6.45, 7) is 13.4. The number of rotatable bonds is 8. The molecule has 0 saturated heterocycles. The Morgan fingerprint density at radius 2 is 1.65 bits per heavy atom. The van der Waals surface area contributed by atoms with Crippen molar-refractivity contribution in [1.29, 1.82) is 0 Å². The summed E-state index contributed by atoms with van der Waals surface area (Å²) in [6.07, 6.45) is -0.443. The van der Waals surface area contributed by atoms with Crippen molar-refractivity contribution in [2.75, 3.05) is 25.0 Å². The van der Waals surface area contributed by atoms with Crippen molar-refractivity contribution in [3.8, 4) is 0 Å². The Morgan fingerprint density at radius 1 is 1.03 bits per heavy atom. The number of nitrogens with one attached hydrogen (secondary N) is 5. The van der Waals surface area contributed by atoms with Crippen LogP contribution in [0.4, 0.5) is 15.3 Å². The van der Waals surface area contributed by atoms with E-state index in [0.29, 0.717) is 25.6 Å². The summed E-state index contributed by atoms with van der Waals surface area (Å²) in [5.74, 6) is 0.655. The van der Waals surface area contributed by atoms with Crippen LogP contribution in [0.3, 0.4) is 0 Å². The summed E-state index contributed by atoms with van der Waals surface area (Å²) < 4.78 is 5.20. The largest absolute Gasteiger partial charge is 0.444 e. The number of hydrogen-bond donors (Lipinski definition) is 5. The van der Waals surface area contributed by atoms with Gasteiger partial charge in [0.05, 0.1) is 6.54 Å². The molecule has 9 nitrogen and oxygen atoms in total. The highest BCUT2D eigenvalue weighted by Gasteiger charge is 2.15. The summed E-state index contributed by atoms with van der Waals surface area (Å²) >= 11 is 0. The van der Waals surface area contributed by atoms with Crippen LogP contribution in [0.5, 0.6) is 0 Å². The quantitative estimate of drug-likeness (QED) is 0.148. The molecule has 0 unspecified atom stereocenters. The molecule has 0 aliphatic rings. The van der Waals surface area contributed by atoms with Crippen LogP contribution >= 0.6 is 24.0 Å². The van der Waals surface area contributed by atoms with Gasteiger partial charge in [-0.25, -0.2) is 14.6 Å². The zero-order valence-corrected chi connectivity index (χ0v) is 21.6. The predicted molar refractivity (Wildman–Crippen MR) is 136 cm³/mol. The molecular formula is C21H37IN6O3. The number of hydrogen-bond acceptors (Lipinski definition) is 4. The Morgan fingerprint density at radius 3 is 2.19 bits per heavy atom. The first-order valence-corrected chi connectivity index (χ1v) is 10.2. The van der Waals surface area contributed by atoms with Gasteiger partial charge in [-0.2, -0.15) is 0 Å². The van der Waals surface area contributed by atoms with Gasteiger partial charge >= 0.3 is 12.1 Å². The zero-order chi connectivity index (χ0) is 22.6.